The van der Waals surface area contributed by atoms with Gasteiger partial charge in [0.15, 0.2) is 5.82 Å². The van der Waals surface area contributed by atoms with Crippen LogP contribution in [0.15, 0.2) is 47.4 Å². The maximum absolute atomic E-state index is 14.3. The van der Waals surface area contributed by atoms with Crippen LogP contribution in [0, 0.1) is 12.7 Å². The van der Waals surface area contributed by atoms with Crippen molar-refractivity contribution >= 4 is 29.3 Å². The standard InChI is InChI=1S/C20H21FN6O2S/c1-12(2)22-19(28)11-30-18-7-5-4-6-15(18)20(29)23-17-10-14(8-9-16(17)21)27-13(3)24-25-26-27/h4-10,12H,11H2,1-3H3,(H,22,28)(H,23,29). The third-order valence-corrected chi connectivity index (χ3v) is 5.08. The maximum atomic E-state index is 14.3. The summed E-state index contributed by atoms with van der Waals surface area (Å²) in [7, 11) is 0. The number of carbonyl (C=O) groups excluding carboxylic acids is 2. The first-order valence-corrected chi connectivity index (χ1v) is 10.2. The SMILES string of the molecule is Cc1nnnn1-c1ccc(F)c(NC(=O)c2ccccc2SCC(=O)NC(C)C)c1. The van der Waals surface area contributed by atoms with Gasteiger partial charge in [-0.05, 0) is 61.5 Å². The van der Waals surface area contributed by atoms with Crippen LogP contribution in [-0.2, 0) is 4.79 Å². The van der Waals surface area contributed by atoms with Crippen molar-refractivity contribution in [3.8, 4) is 5.69 Å². The fourth-order valence-electron chi connectivity index (χ4n) is 2.69. The fourth-order valence-corrected chi connectivity index (χ4v) is 3.55. The van der Waals surface area contributed by atoms with Crippen molar-refractivity contribution in [2.75, 3.05) is 11.1 Å². The highest BCUT2D eigenvalue weighted by Gasteiger charge is 2.16. The van der Waals surface area contributed by atoms with E-state index in [-0.39, 0.29) is 23.4 Å². The van der Waals surface area contributed by atoms with Gasteiger partial charge in [-0.25, -0.2) is 4.39 Å². The zero-order valence-electron chi connectivity index (χ0n) is 16.7. The zero-order chi connectivity index (χ0) is 21.7. The van der Waals surface area contributed by atoms with Crippen molar-refractivity contribution in [1.82, 2.24) is 25.5 Å². The Morgan fingerprint density at radius 2 is 1.97 bits per heavy atom. The highest BCUT2D eigenvalue weighted by molar-refractivity contribution is 8.00. The Kier molecular flexibility index (Phi) is 6.78. The van der Waals surface area contributed by atoms with Crippen molar-refractivity contribution in [3.05, 3.63) is 59.7 Å². The second-order valence-corrected chi connectivity index (χ2v) is 7.78. The number of anilines is 1. The predicted octanol–water partition coefficient (Wildman–Crippen LogP) is 2.98. The first-order chi connectivity index (χ1) is 14.3. The number of tetrazole rings is 1. The smallest absolute Gasteiger partial charge is 0.256 e. The molecule has 2 N–H and O–H groups in total. The van der Waals surface area contributed by atoms with Gasteiger partial charge >= 0.3 is 0 Å². The molecule has 1 aromatic heterocycles. The van der Waals surface area contributed by atoms with E-state index in [4.69, 9.17) is 0 Å². The summed E-state index contributed by atoms with van der Waals surface area (Å²) >= 11 is 1.25. The molecule has 0 radical (unpaired) electrons. The highest BCUT2D eigenvalue weighted by atomic mass is 32.2. The normalized spacial score (nSPS) is 10.8. The van der Waals surface area contributed by atoms with Crippen LogP contribution in [0.25, 0.3) is 5.69 Å². The van der Waals surface area contributed by atoms with Gasteiger partial charge in [0, 0.05) is 10.9 Å². The number of hydrogen-bond acceptors (Lipinski definition) is 6. The molecule has 156 valence electrons. The molecule has 0 bridgehead atoms. The lowest BCUT2D eigenvalue weighted by molar-refractivity contribution is -0.119. The molecule has 3 aromatic rings. The average Bonchev–Trinajstić information content (AvgIpc) is 3.13. The fraction of sp³-hybridized carbons (Fsp3) is 0.250. The molecule has 0 saturated carbocycles. The number of halogens is 1. The van der Waals surface area contributed by atoms with E-state index in [2.05, 4.69) is 26.2 Å². The molecular weight excluding hydrogens is 407 g/mol. The minimum Gasteiger partial charge on any atom is -0.353 e. The lowest BCUT2D eigenvalue weighted by Crippen LogP contribution is -2.31. The molecule has 3 rings (SSSR count). The van der Waals surface area contributed by atoms with Crippen molar-refractivity contribution in [2.24, 2.45) is 0 Å². The molecule has 8 nitrogen and oxygen atoms in total. The molecule has 0 spiro atoms. The molecule has 2 amide bonds. The predicted molar refractivity (Wildman–Crippen MR) is 112 cm³/mol. The van der Waals surface area contributed by atoms with E-state index in [0.29, 0.717) is 22.0 Å². The number of nitrogens with zero attached hydrogens (tertiary/aromatic N) is 4. The Bertz CT molecular complexity index is 1070. The van der Waals surface area contributed by atoms with Gasteiger partial charge in [-0.3, -0.25) is 9.59 Å². The Balaban J connectivity index is 1.78. The van der Waals surface area contributed by atoms with Crippen molar-refractivity contribution < 1.29 is 14.0 Å². The van der Waals surface area contributed by atoms with Crippen LogP contribution >= 0.6 is 11.8 Å². The van der Waals surface area contributed by atoms with Crippen LogP contribution in [0.1, 0.15) is 30.0 Å². The number of hydrogen-bond donors (Lipinski definition) is 2. The number of aromatic nitrogens is 4. The van der Waals surface area contributed by atoms with Gasteiger partial charge in [-0.1, -0.05) is 12.1 Å². The van der Waals surface area contributed by atoms with Crippen LogP contribution in [0.5, 0.6) is 0 Å². The lowest BCUT2D eigenvalue weighted by atomic mass is 10.2. The van der Waals surface area contributed by atoms with E-state index in [0.717, 1.165) is 0 Å². The quantitative estimate of drug-likeness (QED) is 0.561. The number of carbonyl (C=O) groups is 2. The van der Waals surface area contributed by atoms with Crippen LogP contribution in [0.4, 0.5) is 10.1 Å². The van der Waals surface area contributed by atoms with Gasteiger partial charge in [0.2, 0.25) is 5.91 Å². The minimum absolute atomic E-state index is 0.00440. The summed E-state index contributed by atoms with van der Waals surface area (Å²) in [6.45, 7) is 5.47. The van der Waals surface area contributed by atoms with Crippen LogP contribution in [-0.4, -0.2) is 43.8 Å². The zero-order valence-corrected chi connectivity index (χ0v) is 17.5. The van der Waals surface area contributed by atoms with E-state index >= 15 is 0 Å². The van der Waals surface area contributed by atoms with E-state index < -0.39 is 11.7 Å². The summed E-state index contributed by atoms with van der Waals surface area (Å²) in [5, 5.41) is 16.6. The lowest BCUT2D eigenvalue weighted by Gasteiger charge is -2.12. The molecular formula is C20H21FN6O2S. The third-order valence-electron chi connectivity index (χ3n) is 4.01. The number of benzene rings is 2. The Hall–Kier alpha value is -3.27. The number of rotatable bonds is 7. The molecule has 2 aromatic carbocycles. The Morgan fingerprint density at radius 3 is 2.67 bits per heavy atom. The number of amides is 2. The molecule has 0 aliphatic rings. The summed E-state index contributed by atoms with van der Waals surface area (Å²) in [6, 6.07) is 11.1. The second-order valence-electron chi connectivity index (χ2n) is 6.76. The first-order valence-electron chi connectivity index (χ1n) is 9.22. The van der Waals surface area contributed by atoms with E-state index in [1.807, 2.05) is 13.8 Å². The molecule has 10 heteroatoms. The maximum Gasteiger partial charge on any atom is 0.256 e. The topological polar surface area (TPSA) is 102 Å². The summed E-state index contributed by atoms with van der Waals surface area (Å²) in [6.07, 6.45) is 0. The van der Waals surface area contributed by atoms with Crippen molar-refractivity contribution in [3.63, 3.8) is 0 Å². The first kappa shape index (κ1) is 21.4. The number of aryl methyl sites for hydroxylation is 1. The van der Waals surface area contributed by atoms with Crippen LogP contribution < -0.4 is 10.6 Å². The summed E-state index contributed by atoms with van der Waals surface area (Å²) in [5.74, 6) is -0.488. The largest absolute Gasteiger partial charge is 0.353 e. The molecule has 30 heavy (non-hydrogen) atoms. The molecule has 1 heterocycles. The third kappa shape index (κ3) is 5.20. The van der Waals surface area contributed by atoms with Crippen molar-refractivity contribution in [1.29, 1.82) is 0 Å². The Labute approximate surface area is 177 Å². The van der Waals surface area contributed by atoms with Gasteiger partial charge in [0.05, 0.1) is 22.7 Å². The van der Waals surface area contributed by atoms with Crippen LogP contribution in [0.2, 0.25) is 0 Å². The van der Waals surface area contributed by atoms with Gasteiger partial charge in [-0.15, -0.1) is 16.9 Å². The van der Waals surface area contributed by atoms with Gasteiger partial charge in [0.25, 0.3) is 5.91 Å². The highest BCUT2D eigenvalue weighted by Crippen LogP contribution is 2.25. The summed E-state index contributed by atoms with van der Waals surface area (Å²) in [4.78, 5) is 25.4. The van der Waals surface area contributed by atoms with E-state index in [1.54, 1.807) is 31.2 Å². The average molecular weight is 428 g/mol. The molecule has 0 aliphatic carbocycles. The van der Waals surface area contributed by atoms with Crippen molar-refractivity contribution in [2.45, 2.75) is 31.7 Å². The molecule has 0 unspecified atom stereocenters. The number of thioether (sulfide) groups is 1. The molecule has 0 fully saturated rings. The molecule has 0 saturated heterocycles. The summed E-state index contributed by atoms with van der Waals surface area (Å²) < 4.78 is 15.8. The molecule has 0 atom stereocenters. The van der Waals surface area contributed by atoms with Gasteiger partial charge < -0.3 is 10.6 Å². The van der Waals surface area contributed by atoms with Crippen LogP contribution in [0.3, 0.4) is 0 Å². The molecule has 0 aliphatic heterocycles. The van der Waals surface area contributed by atoms with E-state index in [9.17, 15) is 14.0 Å². The monoisotopic (exact) mass is 428 g/mol. The van der Waals surface area contributed by atoms with Gasteiger partial charge in [0.1, 0.15) is 5.82 Å². The minimum atomic E-state index is -0.584. The second kappa shape index (κ2) is 9.49. The Morgan fingerprint density at radius 1 is 1.20 bits per heavy atom. The van der Waals surface area contributed by atoms with E-state index in [1.165, 1.54) is 34.6 Å². The number of nitrogens with one attached hydrogen (secondary N) is 2. The van der Waals surface area contributed by atoms with Gasteiger partial charge in [-0.2, -0.15) is 4.68 Å². The summed E-state index contributed by atoms with van der Waals surface area (Å²) in [5.41, 5.74) is 0.871.